The van der Waals surface area contributed by atoms with Gasteiger partial charge >= 0.3 is 5.97 Å². The van der Waals surface area contributed by atoms with Crippen molar-refractivity contribution in [3.8, 4) is 5.75 Å². The van der Waals surface area contributed by atoms with Crippen molar-refractivity contribution in [1.29, 1.82) is 0 Å². The van der Waals surface area contributed by atoms with Crippen LogP contribution >= 0.6 is 0 Å². The van der Waals surface area contributed by atoms with Crippen LogP contribution in [0, 0.1) is 0 Å². The van der Waals surface area contributed by atoms with Gasteiger partial charge in [-0.1, -0.05) is 32.4 Å². The van der Waals surface area contributed by atoms with E-state index in [0.29, 0.717) is 0 Å². The first-order valence-corrected chi connectivity index (χ1v) is 7.74. The van der Waals surface area contributed by atoms with Crippen LogP contribution in [0.2, 0.25) is 0 Å². The number of benzene rings is 1. The molecule has 1 aromatic rings. The number of nitrogens with one attached hydrogen (secondary N) is 1. The van der Waals surface area contributed by atoms with Gasteiger partial charge in [0.15, 0.2) is 0 Å². The third-order valence-corrected chi connectivity index (χ3v) is 3.29. The van der Waals surface area contributed by atoms with Crippen molar-refractivity contribution in [1.82, 2.24) is 5.32 Å². The number of methoxy groups -OCH3 is 1. The molecule has 0 saturated heterocycles. The quantitative estimate of drug-likeness (QED) is 0.674. The number of carbonyl (C=O) groups is 1. The molecule has 0 aromatic heterocycles. The van der Waals surface area contributed by atoms with Crippen molar-refractivity contribution >= 4 is 5.97 Å². The van der Waals surface area contributed by atoms with Crippen molar-refractivity contribution in [3.05, 3.63) is 29.8 Å². The van der Waals surface area contributed by atoms with E-state index < -0.39 is 6.04 Å². The van der Waals surface area contributed by atoms with Gasteiger partial charge in [0.25, 0.3) is 0 Å². The lowest BCUT2D eigenvalue weighted by Gasteiger charge is -2.17. The first-order valence-electron chi connectivity index (χ1n) is 7.74. The molecule has 118 valence electrons. The van der Waals surface area contributed by atoms with Gasteiger partial charge in [-0.25, -0.2) is 0 Å². The molecule has 1 aromatic carbocycles. The predicted octanol–water partition coefficient (Wildman–Crippen LogP) is 2.95. The largest absolute Gasteiger partial charge is 0.491 e. The molecule has 0 aliphatic carbocycles. The Morgan fingerprint density at radius 2 is 1.90 bits per heavy atom. The van der Waals surface area contributed by atoms with Crippen LogP contribution in [0.25, 0.3) is 0 Å². The summed E-state index contributed by atoms with van der Waals surface area (Å²) in [7, 11) is 1.39. The maximum atomic E-state index is 11.6. The Morgan fingerprint density at radius 1 is 1.19 bits per heavy atom. The van der Waals surface area contributed by atoms with Gasteiger partial charge in [0.1, 0.15) is 18.4 Å². The standard InChI is InChI=1S/C17H27NO3/c1-4-6-7-14-8-10-15(11-9-14)21-13-16(17(19)20-3)18-12-5-2/h8-11,16,18H,4-7,12-13H2,1-3H3. The van der Waals surface area contributed by atoms with Crippen molar-refractivity contribution < 1.29 is 14.3 Å². The molecule has 21 heavy (non-hydrogen) atoms. The Labute approximate surface area is 127 Å². The van der Waals surface area contributed by atoms with Crippen LogP contribution in [0.4, 0.5) is 0 Å². The number of unbranched alkanes of at least 4 members (excludes halogenated alkanes) is 1. The third-order valence-electron chi connectivity index (χ3n) is 3.29. The van der Waals surface area contributed by atoms with E-state index in [9.17, 15) is 4.79 Å². The van der Waals surface area contributed by atoms with Crippen LogP contribution in [0.15, 0.2) is 24.3 Å². The molecule has 0 amide bonds. The second-order valence-electron chi connectivity index (χ2n) is 5.09. The molecular formula is C17H27NO3. The number of ether oxygens (including phenoxy) is 2. The summed E-state index contributed by atoms with van der Waals surface area (Å²) in [5.41, 5.74) is 1.32. The lowest BCUT2D eigenvalue weighted by atomic mass is 10.1. The minimum Gasteiger partial charge on any atom is -0.491 e. The van der Waals surface area contributed by atoms with Crippen LogP contribution in [0.3, 0.4) is 0 Å². The third kappa shape index (κ3) is 6.63. The topological polar surface area (TPSA) is 47.6 Å². The zero-order valence-corrected chi connectivity index (χ0v) is 13.4. The molecule has 4 heteroatoms. The number of carbonyl (C=O) groups excluding carboxylic acids is 1. The number of esters is 1. The Balaban J connectivity index is 2.48. The molecule has 0 saturated carbocycles. The van der Waals surface area contributed by atoms with Crippen molar-refractivity contribution in [2.45, 2.75) is 45.6 Å². The molecule has 1 N–H and O–H groups in total. The van der Waals surface area contributed by atoms with Gasteiger partial charge in [-0.2, -0.15) is 0 Å². The Kier molecular flexibility index (Phi) is 8.51. The van der Waals surface area contributed by atoms with E-state index in [2.05, 4.69) is 31.3 Å². The molecule has 0 heterocycles. The maximum Gasteiger partial charge on any atom is 0.326 e. The highest BCUT2D eigenvalue weighted by Crippen LogP contribution is 2.14. The first kappa shape index (κ1) is 17.5. The van der Waals surface area contributed by atoms with E-state index in [-0.39, 0.29) is 12.6 Å². The summed E-state index contributed by atoms with van der Waals surface area (Å²) < 4.78 is 10.5. The van der Waals surface area contributed by atoms with Crippen LogP contribution < -0.4 is 10.1 Å². The molecule has 0 spiro atoms. The smallest absolute Gasteiger partial charge is 0.326 e. The monoisotopic (exact) mass is 293 g/mol. The average Bonchev–Trinajstić information content (AvgIpc) is 2.53. The van der Waals surface area contributed by atoms with Crippen LogP contribution in [0.5, 0.6) is 5.75 Å². The van der Waals surface area contributed by atoms with E-state index in [1.165, 1.54) is 25.5 Å². The normalized spacial score (nSPS) is 12.0. The fourth-order valence-electron chi connectivity index (χ4n) is 1.98. The second kappa shape index (κ2) is 10.2. The van der Waals surface area contributed by atoms with Gasteiger partial charge in [0.05, 0.1) is 7.11 Å². The van der Waals surface area contributed by atoms with Crippen LogP contribution in [-0.4, -0.2) is 32.3 Å². The Morgan fingerprint density at radius 3 is 2.48 bits per heavy atom. The number of aryl methyl sites for hydroxylation is 1. The van der Waals surface area contributed by atoms with Gasteiger partial charge in [0, 0.05) is 0 Å². The summed E-state index contributed by atoms with van der Waals surface area (Å²) >= 11 is 0. The van der Waals surface area contributed by atoms with E-state index in [1.807, 2.05) is 12.1 Å². The SMILES string of the molecule is CCCCc1ccc(OCC(NCCC)C(=O)OC)cc1. The molecule has 0 fully saturated rings. The maximum absolute atomic E-state index is 11.6. The molecule has 4 nitrogen and oxygen atoms in total. The molecule has 1 rings (SSSR count). The first-order chi connectivity index (χ1) is 10.2. The summed E-state index contributed by atoms with van der Waals surface area (Å²) in [4.78, 5) is 11.6. The van der Waals surface area contributed by atoms with E-state index in [0.717, 1.165) is 25.1 Å². The highest BCUT2D eigenvalue weighted by molar-refractivity contribution is 5.75. The van der Waals surface area contributed by atoms with Crippen LogP contribution in [0.1, 0.15) is 38.7 Å². The number of hydrogen-bond donors (Lipinski definition) is 1. The fraction of sp³-hybridized carbons (Fsp3) is 0.588. The van der Waals surface area contributed by atoms with Gasteiger partial charge in [-0.3, -0.25) is 4.79 Å². The second-order valence-corrected chi connectivity index (χ2v) is 5.09. The van der Waals surface area contributed by atoms with Gasteiger partial charge in [-0.15, -0.1) is 0 Å². The lowest BCUT2D eigenvalue weighted by molar-refractivity contribution is -0.143. The minimum absolute atomic E-state index is 0.279. The van der Waals surface area contributed by atoms with Gasteiger partial charge in [-0.05, 0) is 43.5 Å². The van der Waals surface area contributed by atoms with Crippen molar-refractivity contribution in [2.75, 3.05) is 20.3 Å². The summed E-state index contributed by atoms with van der Waals surface area (Å²) in [5, 5.41) is 3.13. The van der Waals surface area contributed by atoms with Crippen LogP contribution in [-0.2, 0) is 16.0 Å². The van der Waals surface area contributed by atoms with Crippen molar-refractivity contribution in [2.24, 2.45) is 0 Å². The number of rotatable bonds is 10. The Bertz CT molecular complexity index is 403. The van der Waals surface area contributed by atoms with Crippen molar-refractivity contribution in [3.63, 3.8) is 0 Å². The fourth-order valence-corrected chi connectivity index (χ4v) is 1.98. The predicted molar refractivity (Wildman–Crippen MR) is 84.6 cm³/mol. The average molecular weight is 293 g/mol. The highest BCUT2D eigenvalue weighted by Gasteiger charge is 2.18. The Hall–Kier alpha value is -1.55. The summed E-state index contributed by atoms with van der Waals surface area (Å²) in [5.74, 6) is 0.491. The zero-order chi connectivity index (χ0) is 15.5. The van der Waals surface area contributed by atoms with Gasteiger partial charge < -0.3 is 14.8 Å². The molecular weight excluding hydrogens is 266 g/mol. The van der Waals surface area contributed by atoms with E-state index >= 15 is 0 Å². The molecule has 0 bridgehead atoms. The minimum atomic E-state index is -0.422. The summed E-state index contributed by atoms with van der Waals surface area (Å²) in [6.45, 7) is 5.28. The molecule has 1 atom stereocenters. The summed E-state index contributed by atoms with van der Waals surface area (Å²) in [6.07, 6.45) is 4.45. The molecule has 0 aliphatic heterocycles. The van der Waals surface area contributed by atoms with E-state index in [4.69, 9.17) is 9.47 Å². The lowest BCUT2D eigenvalue weighted by Crippen LogP contribution is -2.42. The van der Waals surface area contributed by atoms with E-state index in [1.54, 1.807) is 0 Å². The summed E-state index contributed by atoms with van der Waals surface area (Å²) in [6, 6.07) is 7.66. The van der Waals surface area contributed by atoms with Gasteiger partial charge in [0.2, 0.25) is 0 Å². The molecule has 0 aliphatic rings. The number of hydrogen-bond acceptors (Lipinski definition) is 4. The highest BCUT2D eigenvalue weighted by atomic mass is 16.5. The zero-order valence-electron chi connectivity index (χ0n) is 13.4. The molecule has 0 radical (unpaired) electrons. The molecule has 1 unspecified atom stereocenters.